The van der Waals surface area contributed by atoms with Crippen molar-refractivity contribution in [2.45, 2.75) is 86.7 Å². The van der Waals surface area contributed by atoms with E-state index in [4.69, 9.17) is 9.90 Å². The summed E-state index contributed by atoms with van der Waals surface area (Å²) in [7, 11) is 1.00. The van der Waals surface area contributed by atoms with Crippen LogP contribution >= 0.6 is 0 Å². The van der Waals surface area contributed by atoms with Crippen molar-refractivity contribution in [1.29, 1.82) is 0 Å². The van der Waals surface area contributed by atoms with Gasteiger partial charge in [-0.25, -0.2) is 0 Å². The minimum absolute atomic E-state index is 0.398. The van der Waals surface area contributed by atoms with Crippen molar-refractivity contribution >= 4 is 35.1 Å². The van der Waals surface area contributed by atoms with E-state index in [0.29, 0.717) is 6.04 Å². The van der Waals surface area contributed by atoms with Crippen LogP contribution in [0.1, 0.15) is 79.7 Å². The van der Waals surface area contributed by atoms with Gasteiger partial charge in [0.25, 0.3) is 0 Å². The van der Waals surface area contributed by atoms with E-state index in [2.05, 4.69) is 141 Å². The van der Waals surface area contributed by atoms with Crippen LogP contribution < -0.4 is 5.32 Å². The predicted octanol–water partition coefficient (Wildman–Crippen LogP) is 10.8. The average molecular weight is 613 g/mol. The number of carbonyl (C=O) groups is 1. The molecule has 0 fully saturated rings. The predicted molar refractivity (Wildman–Crippen MR) is 204 cm³/mol. The average Bonchev–Trinajstić information content (AvgIpc) is 3.07. The van der Waals surface area contributed by atoms with Gasteiger partial charge in [-0.2, -0.15) is 0 Å². The minimum atomic E-state index is 0.398. The number of nitrogens with one attached hydrogen (secondary N) is 1. The Balaban J connectivity index is 0. The van der Waals surface area contributed by atoms with Crippen molar-refractivity contribution in [3.05, 3.63) is 120 Å². The first-order valence-corrected chi connectivity index (χ1v) is 16.0. The molecule has 4 rings (SSSR count). The third-order valence-corrected chi connectivity index (χ3v) is 6.37. The Morgan fingerprint density at radius 1 is 0.933 bits per heavy atom. The molecule has 3 aromatic rings. The quantitative estimate of drug-likeness (QED) is 0.115. The summed E-state index contributed by atoms with van der Waals surface area (Å²) < 4.78 is 0. The Hall–Kier alpha value is -3.86. The van der Waals surface area contributed by atoms with Gasteiger partial charge >= 0.3 is 0 Å². The zero-order valence-corrected chi connectivity index (χ0v) is 29.4. The number of hydrogen-bond acceptors (Lipinski definition) is 4. The lowest BCUT2D eigenvalue weighted by Crippen LogP contribution is -2.13. The standard InChI is InChI=1S/C24H27N.C9H12.C4H9N.C2H6.CH4O.CH2O/c1-3-10-19(2)11-8-9-16-25-18-24-22-14-6-4-12-20(22)17-21-13-5-7-15-23(21)24;1-9-7-5-3-2-4-6-8-9;1-4(2)5-3;3*1-2/h4-10,12-15,17,25H,3,11,16,18H2,1-2H3;2-3,6-8H,4-5H2,1H3;4H,3H2,1-2H3;1-2H3;2H,1H3;1H2/b9-8-,19-10-;3-2-,8-6?,9-7-;;;;. The van der Waals surface area contributed by atoms with Crippen LogP contribution in [0.25, 0.3) is 21.5 Å². The summed E-state index contributed by atoms with van der Waals surface area (Å²) in [4.78, 5) is 11.6. The fraction of sp³-hybridized carbons (Fsp3) is 0.366. The molecular formula is C41H60N2O2. The van der Waals surface area contributed by atoms with Crippen molar-refractivity contribution in [3.63, 3.8) is 0 Å². The fourth-order valence-corrected chi connectivity index (χ4v) is 4.21. The van der Waals surface area contributed by atoms with E-state index in [1.807, 2.05) is 34.5 Å². The molecule has 0 heterocycles. The van der Waals surface area contributed by atoms with E-state index in [1.165, 1.54) is 38.3 Å². The summed E-state index contributed by atoms with van der Waals surface area (Å²) >= 11 is 0. The van der Waals surface area contributed by atoms with Gasteiger partial charge in [0.2, 0.25) is 0 Å². The zero-order chi connectivity index (χ0) is 34.3. The molecule has 0 aromatic heterocycles. The molecule has 0 aliphatic heterocycles. The van der Waals surface area contributed by atoms with E-state index in [9.17, 15) is 0 Å². The SMILES string of the molecule is C/C1=C/C/C=C\CC=C1.C=NC(C)C.C=O.CC.CC/C=C(/C)C/C=C\CNCc1c2ccccc2cc2ccccc12.CO. The van der Waals surface area contributed by atoms with Gasteiger partial charge in [-0.05, 0) is 93.3 Å². The van der Waals surface area contributed by atoms with Crippen molar-refractivity contribution in [2.24, 2.45) is 4.99 Å². The normalized spacial score (nSPS) is 13.8. The van der Waals surface area contributed by atoms with E-state index >= 15 is 0 Å². The molecule has 0 amide bonds. The third kappa shape index (κ3) is 19.9. The zero-order valence-electron chi connectivity index (χ0n) is 29.4. The Kier molecular flexibility index (Phi) is 29.0. The monoisotopic (exact) mass is 612 g/mol. The lowest BCUT2D eigenvalue weighted by atomic mass is 9.97. The van der Waals surface area contributed by atoms with Gasteiger partial charge in [0, 0.05) is 26.2 Å². The van der Waals surface area contributed by atoms with Gasteiger partial charge in [-0.3, -0.25) is 4.99 Å². The molecule has 45 heavy (non-hydrogen) atoms. The van der Waals surface area contributed by atoms with Gasteiger partial charge in [-0.1, -0.05) is 129 Å². The summed E-state index contributed by atoms with van der Waals surface area (Å²) in [6, 6.07) is 20.0. The summed E-state index contributed by atoms with van der Waals surface area (Å²) in [6.45, 7) is 21.6. The van der Waals surface area contributed by atoms with E-state index in [-0.39, 0.29) is 0 Å². The van der Waals surface area contributed by atoms with Crippen LogP contribution in [0.2, 0.25) is 0 Å². The van der Waals surface area contributed by atoms with Crippen LogP contribution in [-0.2, 0) is 11.3 Å². The van der Waals surface area contributed by atoms with Crippen molar-refractivity contribution in [1.82, 2.24) is 5.32 Å². The molecule has 1 aliphatic carbocycles. The molecule has 4 nitrogen and oxygen atoms in total. The summed E-state index contributed by atoms with van der Waals surface area (Å²) in [6.07, 6.45) is 22.1. The van der Waals surface area contributed by atoms with Crippen molar-refractivity contribution in [3.8, 4) is 0 Å². The Labute approximate surface area is 275 Å². The van der Waals surface area contributed by atoms with Gasteiger partial charge in [-0.15, -0.1) is 0 Å². The second kappa shape index (κ2) is 30.2. The summed E-state index contributed by atoms with van der Waals surface area (Å²) in [5, 5.41) is 15.9. The number of hydrogen-bond donors (Lipinski definition) is 2. The second-order valence-corrected chi connectivity index (χ2v) is 10.1. The fourth-order valence-electron chi connectivity index (χ4n) is 4.21. The maximum atomic E-state index is 8.00. The smallest absolute Gasteiger partial charge is 0.106 e. The van der Waals surface area contributed by atoms with Crippen LogP contribution in [0, 0.1) is 0 Å². The summed E-state index contributed by atoms with van der Waals surface area (Å²) in [5.41, 5.74) is 4.21. The van der Waals surface area contributed by atoms with Crippen LogP contribution in [-0.4, -0.2) is 38.3 Å². The highest BCUT2D eigenvalue weighted by Crippen LogP contribution is 2.28. The summed E-state index contributed by atoms with van der Waals surface area (Å²) in [5.74, 6) is 0. The number of aliphatic hydroxyl groups excluding tert-OH is 1. The number of fused-ring (bicyclic) bond motifs is 2. The lowest BCUT2D eigenvalue weighted by Gasteiger charge is -2.12. The molecule has 246 valence electrons. The molecule has 0 atom stereocenters. The number of benzene rings is 3. The molecule has 2 N–H and O–H groups in total. The molecule has 4 heteroatoms. The highest BCUT2D eigenvalue weighted by atomic mass is 16.2. The highest BCUT2D eigenvalue weighted by molar-refractivity contribution is 6.02. The maximum Gasteiger partial charge on any atom is 0.106 e. The van der Waals surface area contributed by atoms with Gasteiger partial charge < -0.3 is 15.2 Å². The Bertz CT molecular complexity index is 1280. The molecule has 0 bridgehead atoms. The second-order valence-electron chi connectivity index (χ2n) is 10.1. The number of carbonyl (C=O) groups excluding carboxylic acids is 1. The van der Waals surface area contributed by atoms with E-state index in [1.54, 1.807) is 0 Å². The third-order valence-electron chi connectivity index (χ3n) is 6.37. The van der Waals surface area contributed by atoms with Crippen LogP contribution in [0.5, 0.6) is 0 Å². The molecular weight excluding hydrogens is 552 g/mol. The molecule has 1 aliphatic rings. The first-order chi connectivity index (χ1) is 22.0. The minimum Gasteiger partial charge on any atom is -0.400 e. The van der Waals surface area contributed by atoms with E-state index in [0.717, 1.165) is 45.9 Å². The number of rotatable bonds is 8. The van der Waals surface area contributed by atoms with Gasteiger partial charge in [0.05, 0.1) is 0 Å². The number of aliphatic hydroxyl groups is 1. The van der Waals surface area contributed by atoms with Crippen LogP contribution in [0.15, 0.2) is 119 Å². The van der Waals surface area contributed by atoms with Crippen LogP contribution in [0.4, 0.5) is 0 Å². The number of allylic oxidation sites excluding steroid dienone is 9. The van der Waals surface area contributed by atoms with Gasteiger partial charge in [0.15, 0.2) is 0 Å². The molecule has 3 aromatic carbocycles. The lowest BCUT2D eigenvalue weighted by molar-refractivity contribution is -0.0980. The van der Waals surface area contributed by atoms with Crippen LogP contribution in [0.3, 0.4) is 0 Å². The highest BCUT2D eigenvalue weighted by Gasteiger charge is 2.06. The molecule has 0 saturated heterocycles. The largest absolute Gasteiger partial charge is 0.400 e. The molecule has 0 unspecified atom stereocenters. The van der Waals surface area contributed by atoms with Crippen molar-refractivity contribution in [2.75, 3.05) is 13.7 Å². The first-order valence-electron chi connectivity index (χ1n) is 16.0. The number of aliphatic imine (C=N–C) groups is 1. The van der Waals surface area contributed by atoms with E-state index < -0.39 is 0 Å². The Morgan fingerprint density at radius 3 is 2.00 bits per heavy atom. The molecule has 0 spiro atoms. The molecule has 0 radical (unpaired) electrons. The Morgan fingerprint density at radius 2 is 1.47 bits per heavy atom. The number of nitrogens with zero attached hydrogens (tertiary/aromatic N) is 1. The maximum absolute atomic E-state index is 8.00. The van der Waals surface area contributed by atoms with Gasteiger partial charge in [0.1, 0.15) is 6.79 Å². The molecule has 0 saturated carbocycles. The topological polar surface area (TPSA) is 61.7 Å². The van der Waals surface area contributed by atoms with Crippen molar-refractivity contribution < 1.29 is 9.90 Å². The first kappa shape index (κ1) is 43.3.